The maximum Gasteiger partial charge on any atom is 0.338 e. The summed E-state index contributed by atoms with van der Waals surface area (Å²) in [5.74, 6) is -0.731. The van der Waals surface area contributed by atoms with E-state index >= 15 is 0 Å². The highest BCUT2D eigenvalue weighted by atomic mass is 32.1. The van der Waals surface area contributed by atoms with Gasteiger partial charge in [0.25, 0.3) is 5.56 Å². The average Bonchev–Trinajstić information content (AvgIpc) is 3.00. The van der Waals surface area contributed by atoms with Crippen LogP contribution in [0.5, 0.6) is 0 Å². The number of nitrogens with one attached hydrogen (secondary N) is 1. The molecule has 28 heavy (non-hydrogen) atoms. The second-order valence-electron chi connectivity index (χ2n) is 7.26. The Labute approximate surface area is 165 Å². The SMILES string of the molecule is Cc1nn2c(=O)cc(COC(=O)c3cccc(NC(=O)C(C)(C)C)c3)nc2s1. The van der Waals surface area contributed by atoms with Crippen molar-refractivity contribution >= 4 is 33.9 Å². The van der Waals surface area contributed by atoms with Crippen molar-refractivity contribution in [3.63, 3.8) is 0 Å². The Morgan fingerprint density at radius 3 is 2.71 bits per heavy atom. The Kier molecular flexibility index (Phi) is 5.28. The van der Waals surface area contributed by atoms with Crippen molar-refractivity contribution in [1.29, 1.82) is 0 Å². The molecule has 0 saturated heterocycles. The van der Waals surface area contributed by atoms with E-state index in [1.165, 1.54) is 21.9 Å². The highest BCUT2D eigenvalue weighted by Gasteiger charge is 2.21. The van der Waals surface area contributed by atoms with Gasteiger partial charge < -0.3 is 10.1 Å². The average molecular weight is 400 g/mol. The number of anilines is 1. The van der Waals surface area contributed by atoms with Crippen LogP contribution in [-0.2, 0) is 16.1 Å². The minimum Gasteiger partial charge on any atom is -0.456 e. The number of hydrogen-bond donors (Lipinski definition) is 1. The zero-order valence-corrected chi connectivity index (χ0v) is 16.8. The third-order valence-electron chi connectivity index (χ3n) is 3.79. The van der Waals surface area contributed by atoms with E-state index in [0.717, 1.165) is 0 Å². The summed E-state index contributed by atoms with van der Waals surface area (Å²) < 4.78 is 6.49. The van der Waals surface area contributed by atoms with Crippen molar-refractivity contribution < 1.29 is 14.3 Å². The molecule has 1 N–H and O–H groups in total. The molecule has 2 heterocycles. The quantitative estimate of drug-likeness (QED) is 0.676. The summed E-state index contributed by atoms with van der Waals surface area (Å²) in [5, 5.41) is 7.55. The minimum atomic E-state index is -0.575. The third-order valence-corrected chi connectivity index (χ3v) is 4.61. The number of carbonyl (C=O) groups is 2. The fraction of sp³-hybridized carbons (Fsp3) is 0.316. The van der Waals surface area contributed by atoms with Crippen LogP contribution in [0.15, 0.2) is 35.1 Å². The summed E-state index contributed by atoms with van der Waals surface area (Å²) in [5.41, 5.74) is 0.265. The molecule has 1 amide bonds. The second kappa shape index (κ2) is 7.51. The van der Waals surface area contributed by atoms with Crippen molar-refractivity contribution in [2.45, 2.75) is 34.3 Å². The Hall–Kier alpha value is -3.07. The number of rotatable bonds is 4. The zero-order chi connectivity index (χ0) is 20.5. The topological polar surface area (TPSA) is 103 Å². The molecule has 0 bridgehead atoms. The number of nitrogens with zero attached hydrogens (tertiary/aromatic N) is 3. The predicted octanol–water partition coefficient (Wildman–Crippen LogP) is 2.80. The van der Waals surface area contributed by atoms with Gasteiger partial charge in [-0.1, -0.05) is 38.2 Å². The summed E-state index contributed by atoms with van der Waals surface area (Å²) in [6.45, 7) is 7.05. The lowest BCUT2D eigenvalue weighted by Gasteiger charge is -2.17. The number of fused-ring (bicyclic) bond motifs is 1. The second-order valence-corrected chi connectivity index (χ2v) is 8.42. The van der Waals surface area contributed by atoms with Gasteiger partial charge in [-0.25, -0.2) is 9.78 Å². The van der Waals surface area contributed by atoms with Crippen LogP contribution in [-0.4, -0.2) is 26.5 Å². The van der Waals surface area contributed by atoms with Crippen LogP contribution in [0, 0.1) is 12.3 Å². The normalized spacial score (nSPS) is 11.4. The van der Waals surface area contributed by atoms with Gasteiger partial charge in [0.15, 0.2) is 0 Å². The van der Waals surface area contributed by atoms with Crippen molar-refractivity contribution in [3.05, 3.63) is 57.0 Å². The number of carbonyl (C=O) groups excluding carboxylic acids is 2. The Bertz CT molecular complexity index is 1110. The number of amides is 1. The van der Waals surface area contributed by atoms with E-state index in [0.29, 0.717) is 21.3 Å². The van der Waals surface area contributed by atoms with Gasteiger partial charge in [-0.05, 0) is 25.1 Å². The molecule has 0 aliphatic carbocycles. The van der Waals surface area contributed by atoms with Crippen LogP contribution < -0.4 is 10.9 Å². The number of ether oxygens (including phenoxy) is 1. The highest BCUT2D eigenvalue weighted by molar-refractivity contribution is 7.16. The maximum atomic E-state index is 12.3. The first-order valence-corrected chi connectivity index (χ1v) is 9.40. The summed E-state index contributed by atoms with van der Waals surface area (Å²) in [6.07, 6.45) is 0. The van der Waals surface area contributed by atoms with E-state index < -0.39 is 11.4 Å². The van der Waals surface area contributed by atoms with Crippen molar-refractivity contribution in [2.24, 2.45) is 5.41 Å². The molecule has 9 heteroatoms. The van der Waals surface area contributed by atoms with Gasteiger partial charge in [-0.15, -0.1) is 0 Å². The van der Waals surface area contributed by atoms with Crippen molar-refractivity contribution in [3.8, 4) is 0 Å². The number of hydrogen-bond acceptors (Lipinski definition) is 7. The molecule has 1 aromatic carbocycles. The number of aromatic nitrogens is 3. The Morgan fingerprint density at radius 2 is 2.00 bits per heavy atom. The van der Waals surface area contributed by atoms with Gasteiger partial charge >= 0.3 is 5.97 Å². The van der Waals surface area contributed by atoms with Crippen LogP contribution in [0.2, 0.25) is 0 Å². The van der Waals surface area contributed by atoms with Gasteiger partial charge in [0.05, 0.1) is 11.3 Å². The van der Waals surface area contributed by atoms with Gasteiger partial charge in [0, 0.05) is 17.2 Å². The van der Waals surface area contributed by atoms with Gasteiger partial charge in [-0.2, -0.15) is 9.61 Å². The largest absolute Gasteiger partial charge is 0.456 e. The lowest BCUT2D eigenvalue weighted by atomic mass is 9.95. The number of benzene rings is 1. The molecule has 0 atom stereocenters. The molecule has 0 fully saturated rings. The van der Waals surface area contributed by atoms with E-state index in [4.69, 9.17) is 4.74 Å². The summed E-state index contributed by atoms with van der Waals surface area (Å²) >= 11 is 1.28. The summed E-state index contributed by atoms with van der Waals surface area (Å²) in [4.78, 5) is 41.2. The molecule has 0 radical (unpaired) electrons. The molecule has 8 nitrogen and oxygen atoms in total. The molecule has 0 saturated carbocycles. The fourth-order valence-electron chi connectivity index (χ4n) is 2.29. The first-order chi connectivity index (χ1) is 13.1. The Balaban J connectivity index is 1.71. The lowest BCUT2D eigenvalue weighted by molar-refractivity contribution is -0.123. The zero-order valence-electron chi connectivity index (χ0n) is 16.0. The summed E-state index contributed by atoms with van der Waals surface area (Å²) in [7, 11) is 0. The predicted molar refractivity (Wildman–Crippen MR) is 106 cm³/mol. The molecule has 0 spiro atoms. The van der Waals surface area contributed by atoms with Crippen LogP contribution in [0.25, 0.3) is 4.96 Å². The molecular weight excluding hydrogens is 380 g/mol. The van der Waals surface area contributed by atoms with E-state index in [1.807, 2.05) is 0 Å². The molecule has 0 aliphatic rings. The van der Waals surface area contributed by atoms with Crippen LogP contribution in [0.1, 0.15) is 41.8 Å². The van der Waals surface area contributed by atoms with Crippen LogP contribution >= 0.6 is 11.3 Å². The van der Waals surface area contributed by atoms with E-state index in [2.05, 4.69) is 15.4 Å². The molecule has 146 valence electrons. The standard InChI is InChI=1S/C19H20N4O4S/c1-11-22-23-15(24)9-14(21-18(23)28-11)10-27-16(25)12-6-5-7-13(8-12)20-17(26)19(2,3)4/h5-9H,10H2,1-4H3,(H,20,26). The molecular formula is C19H20N4O4S. The third kappa shape index (κ3) is 4.42. The first-order valence-electron chi connectivity index (χ1n) is 8.58. The minimum absolute atomic E-state index is 0.139. The molecule has 3 aromatic rings. The smallest absolute Gasteiger partial charge is 0.338 e. The molecule has 0 unspecified atom stereocenters. The fourth-order valence-corrected chi connectivity index (χ4v) is 3.06. The lowest BCUT2D eigenvalue weighted by Crippen LogP contribution is -2.27. The summed E-state index contributed by atoms with van der Waals surface area (Å²) in [6, 6.07) is 7.78. The first kappa shape index (κ1) is 19.7. The number of esters is 1. The van der Waals surface area contributed by atoms with Crippen LogP contribution in [0.4, 0.5) is 5.69 Å². The molecule has 3 rings (SSSR count). The van der Waals surface area contributed by atoms with E-state index in [-0.39, 0.29) is 23.6 Å². The molecule has 2 aromatic heterocycles. The van der Waals surface area contributed by atoms with Crippen molar-refractivity contribution in [2.75, 3.05) is 5.32 Å². The van der Waals surface area contributed by atoms with Gasteiger partial charge in [0.2, 0.25) is 10.9 Å². The maximum absolute atomic E-state index is 12.3. The number of aryl methyl sites for hydroxylation is 1. The monoisotopic (exact) mass is 400 g/mol. The van der Waals surface area contributed by atoms with Gasteiger partial charge in [-0.3, -0.25) is 9.59 Å². The van der Waals surface area contributed by atoms with E-state index in [9.17, 15) is 14.4 Å². The molecule has 0 aliphatic heterocycles. The van der Waals surface area contributed by atoms with Gasteiger partial charge in [0.1, 0.15) is 11.6 Å². The van der Waals surface area contributed by atoms with E-state index in [1.54, 1.807) is 52.0 Å². The Morgan fingerprint density at radius 1 is 1.25 bits per heavy atom. The highest BCUT2D eigenvalue weighted by Crippen LogP contribution is 2.19. The van der Waals surface area contributed by atoms with Crippen LogP contribution in [0.3, 0.4) is 0 Å². The van der Waals surface area contributed by atoms with Crippen molar-refractivity contribution in [1.82, 2.24) is 14.6 Å².